The minimum Gasteiger partial charge on any atom is -0.324 e. The van der Waals surface area contributed by atoms with Gasteiger partial charge in [0.1, 0.15) is 11.9 Å². The number of benzene rings is 1. The van der Waals surface area contributed by atoms with Crippen molar-refractivity contribution in [2.75, 3.05) is 11.9 Å². The Morgan fingerprint density at radius 1 is 1.11 bits per heavy atom. The third-order valence-corrected chi connectivity index (χ3v) is 6.48. The molecule has 0 saturated heterocycles. The summed E-state index contributed by atoms with van der Waals surface area (Å²) in [5.74, 6) is 0.135. The lowest BCUT2D eigenvalue weighted by atomic mass is 9.91. The van der Waals surface area contributed by atoms with Crippen LogP contribution < -0.4 is 16.2 Å². The molecule has 194 valence electrons. The van der Waals surface area contributed by atoms with Crippen LogP contribution in [0.15, 0.2) is 41.5 Å². The first kappa shape index (κ1) is 25.2. The quantitative estimate of drug-likeness (QED) is 0.390. The molecule has 0 radical (unpaired) electrons. The molecule has 0 unspecified atom stereocenters. The van der Waals surface area contributed by atoms with E-state index in [4.69, 9.17) is 11.6 Å². The van der Waals surface area contributed by atoms with Crippen LogP contribution in [0.4, 0.5) is 24.8 Å². The summed E-state index contributed by atoms with van der Waals surface area (Å²) in [7, 11) is 0. The second-order valence-corrected chi connectivity index (χ2v) is 10.4. The molecule has 8 nitrogen and oxygen atoms in total. The van der Waals surface area contributed by atoms with Crippen molar-refractivity contribution in [2.24, 2.45) is 0 Å². The first-order valence-corrected chi connectivity index (χ1v) is 12.1. The third-order valence-electron chi connectivity index (χ3n) is 6.19. The Balaban J connectivity index is 1.67. The second kappa shape index (κ2) is 9.14. The van der Waals surface area contributed by atoms with E-state index in [1.54, 1.807) is 6.07 Å². The minimum atomic E-state index is -4.66. The Hall–Kier alpha value is -3.44. The smallest absolute Gasteiger partial charge is 0.324 e. The predicted molar refractivity (Wildman–Crippen MR) is 136 cm³/mol. The van der Waals surface area contributed by atoms with E-state index in [0.29, 0.717) is 10.4 Å². The predicted octanol–water partition coefficient (Wildman–Crippen LogP) is 4.88. The highest BCUT2D eigenvalue weighted by Crippen LogP contribution is 2.30. The summed E-state index contributed by atoms with van der Waals surface area (Å²) < 4.78 is 42.3. The summed E-state index contributed by atoms with van der Waals surface area (Å²) in [4.78, 5) is 26.1. The number of nitrogens with zero attached hydrogens (tertiary/aromatic N) is 5. The zero-order chi connectivity index (χ0) is 26.5. The topological polar surface area (TPSA) is 89.7 Å². The van der Waals surface area contributed by atoms with E-state index in [9.17, 15) is 18.0 Å². The molecule has 3 aromatic heterocycles. The fraction of sp³-hybridized carbons (Fsp3) is 0.360. The van der Waals surface area contributed by atoms with Gasteiger partial charge < -0.3 is 10.6 Å². The molecule has 5 rings (SSSR count). The molecule has 0 spiro atoms. The van der Waals surface area contributed by atoms with E-state index >= 15 is 0 Å². The fourth-order valence-corrected chi connectivity index (χ4v) is 4.52. The van der Waals surface area contributed by atoms with E-state index in [1.807, 2.05) is 39.0 Å². The van der Waals surface area contributed by atoms with Gasteiger partial charge in [0.05, 0.1) is 10.7 Å². The van der Waals surface area contributed by atoms with E-state index in [0.717, 1.165) is 35.4 Å². The molecule has 37 heavy (non-hydrogen) atoms. The maximum absolute atomic E-state index is 13.5. The molecular weight excluding hydrogens is 507 g/mol. The monoisotopic (exact) mass is 531 g/mol. The van der Waals surface area contributed by atoms with Crippen LogP contribution in [0, 0.1) is 0 Å². The summed E-state index contributed by atoms with van der Waals surface area (Å²) in [6, 6.07) is 7.48. The van der Waals surface area contributed by atoms with Crippen molar-refractivity contribution in [2.45, 2.75) is 51.9 Å². The number of anilines is 2. The Morgan fingerprint density at radius 2 is 1.89 bits per heavy atom. The Bertz CT molecular complexity index is 1550. The number of alkyl halides is 3. The van der Waals surface area contributed by atoms with Gasteiger partial charge in [-0.1, -0.05) is 38.4 Å². The standard InChI is InChI=1S/C25H25ClF3N7O/c1-24(2,3)20-9-19(18(26)12-31-20)36-21-17(22(37)35(36)13-25(27,28)29)11-32-23(34-21)33-16-5-4-14-6-7-30-10-15(14)8-16/h4-5,8-9,11-12,30H,6-7,10,13H2,1-3H3,(H,32,33,34). The van der Waals surface area contributed by atoms with Gasteiger partial charge >= 0.3 is 6.18 Å². The van der Waals surface area contributed by atoms with Crippen molar-refractivity contribution >= 4 is 34.3 Å². The van der Waals surface area contributed by atoms with Gasteiger partial charge in [0.25, 0.3) is 5.56 Å². The van der Waals surface area contributed by atoms with Crippen LogP contribution in [-0.2, 0) is 24.9 Å². The summed E-state index contributed by atoms with van der Waals surface area (Å²) in [6.07, 6.45) is -1.13. The summed E-state index contributed by atoms with van der Waals surface area (Å²) >= 11 is 6.43. The Kier molecular flexibility index (Phi) is 6.23. The number of pyridine rings is 1. The summed E-state index contributed by atoms with van der Waals surface area (Å²) in [5, 5.41) is 6.45. The second-order valence-electron chi connectivity index (χ2n) is 10.0. The molecule has 4 aromatic rings. The molecule has 1 aliphatic heterocycles. The van der Waals surface area contributed by atoms with Crippen LogP contribution in [0.25, 0.3) is 16.7 Å². The molecular formula is C25H25ClF3N7O. The molecule has 0 aliphatic carbocycles. The molecule has 0 saturated carbocycles. The van der Waals surface area contributed by atoms with Crippen molar-refractivity contribution in [3.8, 4) is 5.69 Å². The van der Waals surface area contributed by atoms with Gasteiger partial charge in [-0.05, 0) is 42.3 Å². The number of hydrogen-bond donors (Lipinski definition) is 2. The maximum atomic E-state index is 13.5. The molecule has 0 bridgehead atoms. The zero-order valence-corrected chi connectivity index (χ0v) is 21.2. The van der Waals surface area contributed by atoms with E-state index in [-0.39, 0.29) is 27.7 Å². The average Bonchev–Trinajstić information content (AvgIpc) is 3.08. The third kappa shape index (κ3) is 5.05. The van der Waals surface area contributed by atoms with Gasteiger partial charge in [0, 0.05) is 35.7 Å². The molecule has 4 heterocycles. The van der Waals surface area contributed by atoms with Crippen molar-refractivity contribution in [3.63, 3.8) is 0 Å². The largest absolute Gasteiger partial charge is 0.408 e. The minimum absolute atomic E-state index is 0.000615. The lowest BCUT2D eigenvalue weighted by molar-refractivity contribution is -0.144. The van der Waals surface area contributed by atoms with Crippen molar-refractivity contribution < 1.29 is 13.2 Å². The number of nitrogens with one attached hydrogen (secondary N) is 2. The van der Waals surface area contributed by atoms with E-state index in [1.165, 1.54) is 18.0 Å². The molecule has 0 fully saturated rings. The zero-order valence-electron chi connectivity index (χ0n) is 20.4. The van der Waals surface area contributed by atoms with Crippen LogP contribution in [0.5, 0.6) is 0 Å². The number of fused-ring (bicyclic) bond motifs is 2. The highest BCUT2D eigenvalue weighted by molar-refractivity contribution is 6.32. The number of hydrogen-bond acceptors (Lipinski definition) is 6. The van der Waals surface area contributed by atoms with Crippen molar-refractivity contribution in [1.29, 1.82) is 0 Å². The van der Waals surface area contributed by atoms with Crippen molar-refractivity contribution in [3.05, 3.63) is 68.9 Å². The number of aromatic nitrogens is 5. The summed E-state index contributed by atoms with van der Waals surface area (Å²) in [6.45, 7) is 5.89. The van der Waals surface area contributed by atoms with Crippen LogP contribution >= 0.6 is 11.6 Å². The highest BCUT2D eigenvalue weighted by Gasteiger charge is 2.32. The first-order chi connectivity index (χ1) is 17.4. The van der Waals surface area contributed by atoms with Gasteiger partial charge in [-0.3, -0.25) is 9.78 Å². The van der Waals surface area contributed by atoms with Gasteiger partial charge in [0.2, 0.25) is 5.95 Å². The number of halogens is 4. The Morgan fingerprint density at radius 3 is 2.62 bits per heavy atom. The van der Waals surface area contributed by atoms with Gasteiger partial charge in [-0.25, -0.2) is 14.3 Å². The van der Waals surface area contributed by atoms with E-state index < -0.39 is 23.7 Å². The normalized spacial score (nSPS) is 14.1. The van der Waals surface area contributed by atoms with Gasteiger partial charge in [-0.15, -0.1) is 0 Å². The summed E-state index contributed by atoms with van der Waals surface area (Å²) in [5.41, 5.74) is 2.59. The van der Waals surface area contributed by atoms with Gasteiger partial charge in [-0.2, -0.15) is 18.2 Å². The fourth-order valence-electron chi connectivity index (χ4n) is 4.33. The molecule has 1 aliphatic rings. The SMILES string of the molecule is CC(C)(C)c1cc(-n2c3nc(Nc4ccc5c(c4)CNCC5)ncc3c(=O)n2CC(F)(F)F)c(Cl)cn1. The molecule has 1 aromatic carbocycles. The lowest BCUT2D eigenvalue weighted by Crippen LogP contribution is -2.30. The average molecular weight is 532 g/mol. The molecule has 2 N–H and O–H groups in total. The molecule has 12 heteroatoms. The van der Waals surface area contributed by atoms with Crippen molar-refractivity contribution in [1.82, 2.24) is 29.6 Å². The highest BCUT2D eigenvalue weighted by atomic mass is 35.5. The van der Waals surface area contributed by atoms with Crippen LogP contribution in [0.3, 0.4) is 0 Å². The maximum Gasteiger partial charge on any atom is 0.408 e. The van der Waals surface area contributed by atoms with Crippen LogP contribution in [0.2, 0.25) is 5.02 Å². The molecule has 0 atom stereocenters. The molecule has 0 amide bonds. The van der Waals surface area contributed by atoms with E-state index in [2.05, 4.69) is 25.6 Å². The number of rotatable bonds is 4. The first-order valence-electron chi connectivity index (χ1n) is 11.7. The van der Waals surface area contributed by atoms with Crippen LogP contribution in [-0.4, -0.2) is 37.0 Å². The van der Waals surface area contributed by atoms with Crippen LogP contribution in [0.1, 0.15) is 37.6 Å². The van der Waals surface area contributed by atoms with Gasteiger partial charge in [0.15, 0.2) is 5.65 Å². The lowest BCUT2D eigenvalue weighted by Gasteiger charge is -2.21. The Labute approximate surface area is 215 Å².